The third-order valence-electron chi connectivity index (χ3n) is 30.3. The number of halogens is 1. The van der Waals surface area contributed by atoms with E-state index in [2.05, 4.69) is 215 Å². The summed E-state index contributed by atoms with van der Waals surface area (Å²) in [4.78, 5) is 22.6. The summed E-state index contributed by atoms with van der Waals surface area (Å²) in [6.07, 6.45) is 32.7. The van der Waals surface area contributed by atoms with Crippen molar-refractivity contribution in [3.05, 3.63) is 127 Å². The monoisotopic (exact) mass is 1940 g/mol. The van der Waals surface area contributed by atoms with Crippen LogP contribution in [0.25, 0.3) is 4.65 Å². The standard InChI is InChI=1S/C19H17BrP.C15H22N.C15H23O.C14H23NO.C14H21NO.C13H24O2.C6H18NSi2.3CH4.Na.3Y/c1-21(20,17-11-5-2-6-12-17,18-13-7-3-8-14-18)19-15-9-4-10-16-19;2*1-11-5-4-9-15(3)13(11)6-7-14(15)12(2)8-10-16;2*1-10(7-9-15)11-5-6-12-13(16)4-3-8-14(11,12)2;1-9(8-14)10-5-6-11-12(15)4-3-7-13(10,11)2;1-8(2,3)7-9(4,5)6;;;;;;;/h2-16H,1H2;1,12-14H,4-9H2,2-3H3;1,10,12-14H,4-9H2,2-3H3;10-13,16H,3-8H2,1-2H3;10-12H,3-8H2,1-2H3;9-12,14-15H,3-8H2,1-2H3;1-6H3;3*1H4;;;;/q3*-1;;;;-1;;;;+1;;;/t;2*12-,13?,14-,15+;10-,11-,12?,13+,14-;10-,11-,12?,14-;9-,10-,11?,12+,13-;;;;;;;;/m.11111......../s1. The van der Waals surface area contributed by atoms with E-state index in [9.17, 15) is 24.9 Å². The number of nitriles is 3. The van der Waals surface area contributed by atoms with Crippen molar-refractivity contribution in [2.24, 2.45) is 116 Å². The van der Waals surface area contributed by atoms with E-state index in [1.807, 2.05) is 18.2 Å². The number of ketones is 1. The van der Waals surface area contributed by atoms with Gasteiger partial charge in [0.25, 0.3) is 0 Å². The topological polar surface area (TPSA) is 180 Å². The van der Waals surface area contributed by atoms with Gasteiger partial charge in [0.2, 0.25) is 0 Å². The Balaban J connectivity index is 0.00000133. The van der Waals surface area contributed by atoms with Crippen LogP contribution in [0.3, 0.4) is 0 Å². The molecule has 5 unspecified atom stereocenters. The van der Waals surface area contributed by atoms with Crippen LogP contribution >= 0.6 is 20.8 Å². The fourth-order valence-electron chi connectivity index (χ4n) is 25.2. The number of carbonyl (C=O) groups is 2. The molecule has 0 amide bonds. The van der Waals surface area contributed by atoms with Crippen LogP contribution in [0.2, 0.25) is 39.3 Å². The molecule has 3 aromatic rings. The zero-order valence-corrected chi connectivity index (χ0v) is 88.6. The Labute approximate surface area is 820 Å². The quantitative estimate of drug-likeness (QED) is 0.0548. The Morgan fingerprint density at radius 1 is 0.483 bits per heavy atom. The summed E-state index contributed by atoms with van der Waals surface area (Å²) in [5.74, 6) is 8.66. The first-order chi connectivity index (χ1) is 51.3. The molecule has 10 saturated carbocycles. The number of fused-ring (bicyclic) bond motifs is 5. The van der Waals surface area contributed by atoms with Crippen molar-refractivity contribution in [2.75, 3.05) is 6.61 Å². The maximum absolute atomic E-state index is 11.9. The number of hydrogen-bond acceptors (Lipinski definition) is 8. The summed E-state index contributed by atoms with van der Waals surface area (Å²) < 4.78 is 4.82. The Bertz CT molecular complexity index is 3370. The number of aliphatic hydroxyl groups excluding tert-OH is 3. The summed E-state index contributed by atoms with van der Waals surface area (Å²) in [6, 6.07) is 38.5. The van der Waals surface area contributed by atoms with Gasteiger partial charge in [-0.15, -0.1) is 0 Å². The molecule has 0 bridgehead atoms. The minimum absolute atomic E-state index is 0. The van der Waals surface area contributed by atoms with Crippen LogP contribution in [-0.4, -0.2) is 62.7 Å². The predicted octanol–water partition coefficient (Wildman–Crippen LogP) is 23.1. The SMILES string of the molecule is C.C.C.C[C@H](CC#N)[C@H]1CCC2C(=O)CCC[C@@]21C.C[C@H](CC#N)[C@H]1CCC2[C@@H](O)CCC[C@@]21C.C[C@H](CO)[C@H]1CCC2[C@@H](O)CCC[C@@]21C.C[Si](C)(C)[N-][Si](C)(C)C.[CH-]=C1CCC[C@@]2(C)C1CC[C@@H]2[C@H](C)CC#N.[CH-]=C1CCC[C@@]2(C)C1CC[C@@H]2[C@H](C)CC=O.[CH2-]P(Br)(c1ccccc1)(c1ccccc1)c1ccccc1.[Na+].[Y].[Y].[Y]. The second-order valence-electron chi connectivity index (χ2n) is 39.6. The summed E-state index contributed by atoms with van der Waals surface area (Å²) in [5.41, 5.74) is 4.03. The molecule has 22 atom stereocenters. The van der Waals surface area contributed by atoms with Gasteiger partial charge in [0, 0.05) is 143 Å². The van der Waals surface area contributed by atoms with Gasteiger partial charge in [-0.1, -0.05) is 186 Å². The van der Waals surface area contributed by atoms with E-state index >= 15 is 0 Å². The van der Waals surface area contributed by atoms with Crippen molar-refractivity contribution >= 4 is 65.2 Å². The number of carbonyl (C=O) groups excluding carboxylic acids is 2. The maximum atomic E-state index is 11.9. The minimum atomic E-state index is -2.81. The van der Waals surface area contributed by atoms with Crippen molar-refractivity contribution in [2.45, 2.75) is 329 Å². The molecule has 10 aliphatic carbocycles. The molecule has 10 fully saturated rings. The first-order valence-electron chi connectivity index (χ1n) is 43.1. The number of Topliss-reactive ketones (excluding diaryl/α,β-unsaturated/α-hetero) is 1. The number of hydrogen-bond donors (Lipinski definition) is 3. The van der Waals surface area contributed by atoms with E-state index in [4.69, 9.17) is 40.3 Å². The van der Waals surface area contributed by atoms with Crippen molar-refractivity contribution in [1.29, 1.82) is 15.8 Å². The van der Waals surface area contributed by atoms with Crippen LogP contribution in [0.1, 0.15) is 278 Å². The molecular formula is C99H160BrN4NaO5PSi2Y3-3. The molecule has 3 N–H and O–H groups in total. The molecular weight excluding hydrogens is 1780 g/mol. The van der Waals surface area contributed by atoms with Gasteiger partial charge in [0.1, 0.15) is 12.1 Å². The molecule has 116 heavy (non-hydrogen) atoms. The molecule has 0 saturated heterocycles. The molecule has 0 spiro atoms. The summed E-state index contributed by atoms with van der Waals surface area (Å²) in [7, 11) is -2.21. The normalized spacial score (nSPS) is 32.5. The zero-order valence-electron chi connectivity index (χ0n) is 73.6. The van der Waals surface area contributed by atoms with Crippen LogP contribution in [0.4, 0.5) is 0 Å². The Kier molecular flexibility index (Phi) is 51.6. The van der Waals surface area contributed by atoms with Crippen molar-refractivity contribution in [1.82, 2.24) is 0 Å². The van der Waals surface area contributed by atoms with Crippen LogP contribution in [0.15, 0.2) is 102 Å². The first-order valence-corrected chi connectivity index (χ1v) is 54.4. The molecule has 3 aromatic carbocycles. The number of allylic oxidation sites excluding steroid dienone is 2. The second-order valence-corrected chi connectivity index (χ2v) is 57.8. The molecule has 9 nitrogen and oxygen atoms in total. The smallest absolute Gasteiger partial charge is 0 e. The zero-order chi connectivity index (χ0) is 80.6. The second kappa shape index (κ2) is 51.4. The Morgan fingerprint density at radius 2 is 0.767 bits per heavy atom. The van der Waals surface area contributed by atoms with E-state index in [1.165, 1.54) is 111 Å². The molecule has 0 aliphatic heterocycles. The predicted molar refractivity (Wildman–Crippen MR) is 487 cm³/mol. The molecule has 3 radical (unpaired) electrons. The third kappa shape index (κ3) is 28.2. The van der Waals surface area contributed by atoms with Gasteiger partial charge in [0.05, 0.1) is 30.4 Å². The average molecular weight is 1940 g/mol. The van der Waals surface area contributed by atoms with Gasteiger partial charge in [-0.2, -0.15) is 15.8 Å². The van der Waals surface area contributed by atoms with Crippen molar-refractivity contribution < 1.29 is 153 Å². The van der Waals surface area contributed by atoms with E-state index in [-0.39, 0.29) is 168 Å². The molecule has 639 valence electrons. The van der Waals surface area contributed by atoms with Gasteiger partial charge in [-0.25, -0.2) is 0 Å². The van der Waals surface area contributed by atoms with Gasteiger partial charge in [-0.3, -0.25) is 15.9 Å². The van der Waals surface area contributed by atoms with E-state index in [0.29, 0.717) is 149 Å². The molecule has 0 heterocycles. The Hall–Kier alpha value is 0.445. The van der Waals surface area contributed by atoms with Crippen LogP contribution in [0, 0.1) is 170 Å². The minimum Gasteiger partial charge on any atom is 0 e. The fourth-order valence-corrected chi connectivity index (χ4v) is 38.6. The van der Waals surface area contributed by atoms with Crippen LogP contribution in [-0.2, 0) is 108 Å². The van der Waals surface area contributed by atoms with Crippen molar-refractivity contribution in [3.63, 3.8) is 0 Å². The first kappa shape index (κ1) is 116. The summed E-state index contributed by atoms with van der Waals surface area (Å²) >= 11 is 4.13. The fraction of sp³-hybridized carbons (Fsp3) is 0.717. The third-order valence-corrected chi connectivity index (χ3v) is 43.5. The maximum Gasteiger partial charge on any atom is 1.00 e. The largest absolute Gasteiger partial charge is 1.00 e. The molecule has 10 aliphatic rings. The van der Waals surface area contributed by atoms with Gasteiger partial charge in [-0.05, 0) is 226 Å². The number of rotatable bonds is 16. The van der Waals surface area contributed by atoms with Crippen LogP contribution < -0.4 is 45.5 Å². The van der Waals surface area contributed by atoms with Gasteiger partial charge in [0.15, 0.2) is 0 Å². The molecule has 13 rings (SSSR count). The van der Waals surface area contributed by atoms with Gasteiger partial charge >= 0.3 is 164 Å². The van der Waals surface area contributed by atoms with E-state index in [1.54, 1.807) is 0 Å². The van der Waals surface area contributed by atoms with Crippen molar-refractivity contribution in [3.8, 4) is 18.2 Å². The number of benzene rings is 3. The average Bonchev–Trinajstić information content (AvgIpc) is 0.956. The van der Waals surface area contributed by atoms with Gasteiger partial charge < -0.3 is 37.9 Å². The Morgan fingerprint density at radius 3 is 1.08 bits per heavy atom. The van der Waals surface area contributed by atoms with E-state index < -0.39 is 21.8 Å². The summed E-state index contributed by atoms with van der Waals surface area (Å²) in [5, 5.41) is 56.9. The molecule has 17 heteroatoms. The van der Waals surface area contributed by atoms with Crippen LogP contribution in [0.5, 0.6) is 0 Å². The summed E-state index contributed by atoms with van der Waals surface area (Å²) in [6.45, 7) is 54.0. The number of aldehydes is 1. The number of aliphatic hydroxyl groups is 3. The number of nitrogens with zero attached hydrogens (tertiary/aromatic N) is 4. The molecule has 0 aromatic heterocycles. The van der Waals surface area contributed by atoms with E-state index in [0.717, 1.165) is 83.3 Å².